The minimum Gasteiger partial charge on any atom is -0.481 e. The summed E-state index contributed by atoms with van der Waals surface area (Å²) in [5.74, 6) is -2.35. The molecule has 2 aliphatic carbocycles. The van der Waals surface area contributed by atoms with Crippen LogP contribution in [0.1, 0.15) is 24.1 Å². The predicted molar refractivity (Wildman–Crippen MR) is 81.9 cm³/mol. The van der Waals surface area contributed by atoms with Crippen molar-refractivity contribution in [3.63, 3.8) is 0 Å². The van der Waals surface area contributed by atoms with Crippen molar-refractivity contribution in [1.29, 1.82) is 0 Å². The third kappa shape index (κ3) is 3.08. The van der Waals surface area contributed by atoms with Crippen molar-refractivity contribution in [3.8, 4) is 0 Å². The van der Waals surface area contributed by atoms with E-state index in [2.05, 4.69) is 15.0 Å². The molecular weight excluding hydrogens is 320 g/mol. The minimum absolute atomic E-state index is 0.107. The van der Waals surface area contributed by atoms with Crippen molar-refractivity contribution >= 4 is 34.3 Å². The van der Waals surface area contributed by atoms with Crippen LogP contribution in [0.25, 0.3) is 0 Å². The Morgan fingerprint density at radius 1 is 1.35 bits per heavy atom. The molecule has 0 aromatic carbocycles. The summed E-state index contributed by atoms with van der Waals surface area (Å²) in [4.78, 5) is 40.0. The van der Waals surface area contributed by atoms with Gasteiger partial charge in [-0.15, -0.1) is 11.3 Å². The lowest BCUT2D eigenvalue weighted by Gasteiger charge is -2.26. The Hall–Kier alpha value is -1.96. The number of anilines is 1. The molecule has 7 nitrogen and oxygen atoms in total. The number of carboxylic acids is 1. The maximum Gasteiger partial charge on any atom is 0.310 e. The monoisotopic (exact) mass is 338 g/mol. The van der Waals surface area contributed by atoms with Gasteiger partial charge in [-0.3, -0.25) is 14.4 Å². The zero-order chi connectivity index (χ0) is 16.6. The lowest BCUT2D eigenvalue weighted by molar-refractivity contribution is -0.148. The molecule has 23 heavy (non-hydrogen) atoms. The first-order valence-corrected chi connectivity index (χ1v) is 8.36. The van der Waals surface area contributed by atoms with E-state index >= 15 is 0 Å². The van der Waals surface area contributed by atoms with Crippen LogP contribution >= 0.6 is 11.3 Å². The number of hydrogen-bond acceptors (Lipinski definition) is 6. The summed E-state index contributed by atoms with van der Waals surface area (Å²) in [7, 11) is 1.31. The SMILES string of the molecule is COC(=O)Cc1cnc(NC(=O)[C@H]2[C@H]3CC[C@@H](C3)[C@H]2C(=O)O)s1. The summed E-state index contributed by atoms with van der Waals surface area (Å²) < 4.78 is 4.59. The van der Waals surface area contributed by atoms with E-state index in [-0.39, 0.29) is 30.1 Å². The number of esters is 1. The Balaban J connectivity index is 1.67. The Kier molecular flexibility index (Phi) is 4.34. The van der Waals surface area contributed by atoms with Gasteiger partial charge in [0.05, 0.1) is 25.4 Å². The molecule has 4 atom stereocenters. The topological polar surface area (TPSA) is 106 Å². The van der Waals surface area contributed by atoms with Gasteiger partial charge in [0.15, 0.2) is 5.13 Å². The van der Waals surface area contributed by atoms with Gasteiger partial charge in [0.25, 0.3) is 0 Å². The summed E-state index contributed by atoms with van der Waals surface area (Å²) in [5.41, 5.74) is 0. The molecule has 3 rings (SSSR count). The van der Waals surface area contributed by atoms with Crippen molar-refractivity contribution in [2.75, 3.05) is 12.4 Å². The molecule has 124 valence electrons. The molecule has 0 spiro atoms. The molecule has 0 aliphatic heterocycles. The number of aromatic nitrogens is 1. The quantitative estimate of drug-likeness (QED) is 0.789. The van der Waals surface area contributed by atoms with Gasteiger partial charge in [-0.1, -0.05) is 0 Å². The lowest BCUT2D eigenvalue weighted by atomic mass is 9.79. The van der Waals surface area contributed by atoms with E-state index in [1.807, 2.05) is 0 Å². The standard InChI is InChI=1S/C15H18N2O5S/c1-22-10(18)5-9-6-16-15(23-9)17-13(19)11-7-2-3-8(4-7)12(11)14(20)21/h6-8,11-12H,2-5H2,1H3,(H,20,21)(H,16,17,19)/t7-,8-,11-,12+/m0/s1. The van der Waals surface area contributed by atoms with Crippen LogP contribution in [-0.2, 0) is 25.5 Å². The highest BCUT2D eigenvalue weighted by atomic mass is 32.1. The second-order valence-corrected chi connectivity index (χ2v) is 7.21. The van der Waals surface area contributed by atoms with Crippen molar-refractivity contribution < 1.29 is 24.2 Å². The molecule has 1 heterocycles. The lowest BCUT2D eigenvalue weighted by Crippen LogP contribution is -2.37. The molecule has 1 aromatic heterocycles. The first-order valence-electron chi connectivity index (χ1n) is 7.54. The van der Waals surface area contributed by atoms with Crippen molar-refractivity contribution in [1.82, 2.24) is 4.98 Å². The number of thiazole rings is 1. The summed E-state index contributed by atoms with van der Waals surface area (Å²) in [6.07, 6.45) is 4.26. The van der Waals surface area contributed by atoms with E-state index in [0.717, 1.165) is 19.3 Å². The molecule has 2 saturated carbocycles. The number of carbonyl (C=O) groups excluding carboxylic acids is 2. The Labute approximate surface area is 137 Å². The third-order valence-electron chi connectivity index (χ3n) is 4.83. The van der Waals surface area contributed by atoms with Gasteiger partial charge < -0.3 is 15.2 Å². The molecule has 8 heteroatoms. The number of methoxy groups -OCH3 is 1. The van der Waals surface area contributed by atoms with Gasteiger partial charge in [0.1, 0.15) is 0 Å². The smallest absolute Gasteiger partial charge is 0.310 e. The van der Waals surface area contributed by atoms with Crippen LogP contribution in [0.15, 0.2) is 6.20 Å². The van der Waals surface area contributed by atoms with Gasteiger partial charge in [0, 0.05) is 11.1 Å². The summed E-state index contributed by atoms with van der Waals surface area (Å²) in [5, 5.41) is 12.5. The number of nitrogens with zero attached hydrogens (tertiary/aromatic N) is 1. The normalized spacial score (nSPS) is 28.6. The molecule has 2 bridgehead atoms. The average molecular weight is 338 g/mol. The van der Waals surface area contributed by atoms with Crippen LogP contribution in [-0.4, -0.2) is 35.0 Å². The minimum atomic E-state index is -0.886. The first-order chi connectivity index (χ1) is 11.0. The molecule has 1 amide bonds. The van der Waals surface area contributed by atoms with E-state index in [4.69, 9.17) is 0 Å². The Morgan fingerprint density at radius 3 is 2.70 bits per heavy atom. The summed E-state index contributed by atoms with van der Waals surface area (Å²) in [6.45, 7) is 0. The van der Waals surface area contributed by atoms with Crippen molar-refractivity contribution in [3.05, 3.63) is 11.1 Å². The van der Waals surface area contributed by atoms with E-state index in [9.17, 15) is 19.5 Å². The second kappa shape index (κ2) is 6.27. The number of rotatable bonds is 5. The van der Waals surface area contributed by atoms with Crippen LogP contribution in [0.5, 0.6) is 0 Å². The van der Waals surface area contributed by atoms with Gasteiger partial charge in [-0.25, -0.2) is 4.98 Å². The number of carbonyl (C=O) groups is 3. The fraction of sp³-hybridized carbons (Fsp3) is 0.600. The van der Waals surface area contributed by atoms with Crippen molar-refractivity contribution in [2.24, 2.45) is 23.7 Å². The predicted octanol–water partition coefficient (Wildman–Crippen LogP) is 1.54. The molecular formula is C15H18N2O5S. The second-order valence-electron chi connectivity index (χ2n) is 6.10. The Morgan fingerprint density at radius 2 is 2.04 bits per heavy atom. The molecule has 0 radical (unpaired) electrons. The average Bonchev–Trinajstić information content (AvgIpc) is 3.22. The zero-order valence-electron chi connectivity index (χ0n) is 12.7. The summed E-state index contributed by atoms with van der Waals surface area (Å²) in [6, 6.07) is 0. The van der Waals surface area contributed by atoms with E-state index in [1.165, 1.54) is 24.6 Å². The molecule has 2 aliphatic rings. The van der Waals surface area contributed by atoms with Crippen LogP contribution in [0.4, 0.5) is 5.13 Å². The van der Waals surface area contributed by atoms with Gasteiger partial charge in [-0.2, -0.15) is 0 Å². The van der Waals surface area contributed by atoms with Crippen molar-refractivity contribution in [2.45, 2.75) is 25.7 Å². The van der Waals surface area contributed by atoms with E-state index in [0.29, 0.717) is 10.0 Å². The number of fused-ring (bicyclic) bond motifs is 2. The van der Waals surface area contributed by atoms with Gasteiger partial charge in [0.2, 0.25) is 5.91 Å². The molecule has 2 fully saturated rings. The fourth-order valence-electron chi connectivity index (χ4n) is 3.87. The number of amides is 1. The van der Waals surface area contributed by atoms with Crippen LogP contribution in [0, 0.1) is 23.7 Å². The molecule has 2 N–H and O–H groups in total. The number of hydrogen-bond donors (Lipinski definition) is 2. The van der Waals surface area contributed by atoms with Crippen LogP contribution in [0.2, 0.25) is 0 Å². The highest BCUT2D eigenvalue weighted by Gasteiger charge is 2.54. The first kappa shape index (κ1) is 15.9. The number of ether oxygens (including phenoxy) is 1. The Bertz CT molecular complexity index is 644. The molecule has 0 saturated heterocycles. The fourth-order valence-corrected chi connectivity index (χ4v) is 4.67. The summed E-state index contributed by atoms with van der Waals surface area (Å²) >= 11 is 1.20. The number of nitrogens with one attached hydrogen (secondary N) is 1. The highest BCUT2D eigenvalue weighted by Crippen LogP contribution is 2.52. The van der Waals surface area contributed by atoms with Gasteiger partial charge in [-0.05, 0) is 31.1 Å². The maximum atomic E-state index is 12.5. The van der Waals surface area contributed by atoms with Gasteiger partial charge >= 0.3 is 11.9 Å². The molecule has 0 unspecified atom stereocenters. The maximum absolute atomic E-state index is 12.5. The zero-order valence-corrected chi connectivity index (χ0v) is 13.5. The number of carboxylic acid groups (broad SMARTS) is 1. The van der Waals surface area contributed by atoms with Crippen LogP contribution in [0.3, 0.4) is 0 Å². The number of aliphatic carboxylic acids is 1. The van der Waals surface area contributed by atoms with E-state index in [1.54, 1.807) is 0 Å². The largest absolute Gasteiger partial charge is 0.481 e. The van der Waals surface area contributed by atoms with E-state index < -0.39 is 17.8 Å². The third-order valence-corrected chi connectivity index (χ3v) is 5.75. The van der Waals surface area contributed by atoms with Crippen LogP contribution < -0.4 is 5.32 Å². The molecule has 1 aromatic rings. The highest BCUT2D eigenvalue weighted by molar-refractivity contribution is 7.15.